The van der Waals surface area contributed by atoms with Gasteiger partial charge in [-0.15, -0.1) is 24.9 Å². The van der Waals surface area contributed by atoms with Crippen LogP contribution in [-0.4, -0.2) is 136 Å². The number of aliphatic hydroxyl groups excluding tert-OH is 1. The van der Waals surface area contributed by atoms with E-state index in [1.54, 1.807) is 45.7 Å². The molecule has 0 saturated carbocycles. The number of likely N-dealkylation sites (N-methyl/N-ethyl adjacent to an activating group) is 1. The molecule has 206 valence electrons. The molecule has 0 aliphatic carbocycles. The third kappa shape index (κ3) is 5.26. The second-order valence-corrected chi connectivity index (χ2v) is 13.0. The fraction of sp³-hybridized carbons (Fsp3) is 0.731. The Bertz CT molecular complexity index is 902. The topological polar surface area (TPSA) is 93.6 Å². The van der Waals surface area contributed by atoms with Crippen LogP contribution in [0.15, 0.2) is 25.3 Å². The van der Waals surface area contributed by atoms with Gasteiger partial charge in [-0.05, 0) is 12.8 Å². The molecule has 3 amide bonds. The minimum absolute atomic E-state index is 0.0296. The van der Waals surface area contributed by atoms with E-state index < -0.39 is 22.6 Å². The monoisotopic (exact) mass is 598 g/mol. The van der Waals surface area contributed by atoms with E-state index in [1.165, 1.54) is 0 Å². The summed E-state index contributed by atoms with van der Waals surface area (Å²) >= 11 is 5.45. The van der Waals surface area contributed by atoms with Gasteiger partial charge in [-0.3, -0.25) is 19.3 Å². The molecule has 4 rings (SSSR count). The molecule has 4 fully saturated rings. The third-order valence-corrected chi connectivity index (χ3v) is 11.3. The van der Waals surface area contributed by atoms with Gasteiger partial charge in [-0.25, -0.2) is 0 Å². The first-order valence-corrected chi connectivity index (χ1v) is 14.9. The molecule has 2 bridgehead atoms. The van der Waals surface area contributed by atoms with Crippen LogP contribution in [0.3, 0.4) is 0 Å². The number of morpholine rings is 1. The zero-order chi connectivity index (χ0) is 26.7. The largest absolute Gasteiger partial charge is 0.396 e. The number of nitrogens with zero attached hydrogens (tertiary/aromatic N) is 4. The summed E-state index contributed by atoms with van der Waals surface area (Å²) in [6, 6.07) is -0.682. The Labute approximate surface area is 232 Å². The number of carbonyl (C=O) groups excluding carboxylic acids is 3. The van der Waals surface area contributed by atoms with E-state index in [4.69, 9.17) is 4.74 Å². The van der Waals surface area contributed by atoms with Crippen molar-refractivity contribution in [2.45, 2.75) is 33.7 Å². The Morgan fingerprint density at radius 3 is 2.57 bits per heavy atom. The Morgan fingerprint density at radius 2 is 1.92 bits per heavy atom. The molecule has 11 heteroatoms. The molecule has 4 aliphatic rings. The number of rotatable bonds is 12. The normalized spacial score (nSPS) is 32.9. The maximum atomic E-state index is 14.3. The molecule has 6 atom stereocenters. The lowest BCUT2D eigenvalue weighted by atomic mass is 9.70. The molecule has 0 radical (unpaired) electrons. The van der Waals surface area contributed by atoms with Crippen molar-refractivity contribution in [3.63, 3.8) is 0 Å². The number of hydrogen-bond donors (Lipinski definition) is 1. The first kappa shape index (κ1) is 28.6. The highest BCUT2D eigenvalue weighted by Gasteiger charge is 2.75. The van der Waals surface area contributed by atoms with Crippen LogP contribution in [0.5, 0.6) is 0 Å². The van der Waals surface area contributed by atoms with Crippen molar-refractivity contribution in [3.05, 3.63) is 25.3 Å². The average molecular weight is 600 g/mol. The molecule has 37 heavy (non-hydrogen) atoms. The van der Waals surface area contributed by atoms with Crippen LogP contribution in [0.4, 0.5) is 0 Å². The van der Waals surface area contributed by atoms with Gasteiger partial charge in [0.05, 0.1) is 29.8 Å². The fourth-order valence-electron chi connectivity index (χ4n) is 6.42. The van der Waals surface area contributed by atoms with Gasteiger partial charge in [0, 0.05) is 69.5 Å². The molecular weight excluding hydrogens is 560 g/mol. The van der Waals surface area contributed by atoms with Crippen molar-refractivity contribution in [2.24, 2.45) is 11.8 Å². The quantitative estimate of drug-likeness (QED) is 0.263. The van der Waals surface area contributed by atoms with E-state index >= 15 is 0 Å². The van der Waals surface area contributed by atoms with Crippen LogP contribution in [0.1, 0.15) is 12.8 Å². The second-order valence-electron chi connectivity index (χ2n) is 10.3. The smallest absolute Gasteiger partial charge is 0.247 e. The van der Waals surface area contributed by atoms with Crippen molar-refractivity contribution in [2.75, 3.05) is 72.7 Å². The Morgan fingerprint density at radius 1 is 1.22 bits per heavy atom. The van der Waals surface area contributed by atoms with Crippen molar-refractivity contribution in [1.29, 1.82) is 0 Å². The van der Waals surface area contributed by atoms with Crippen molar-refractivity contribution in [3.8, 4) is 0 Å². The summed E-state index contributed by atoms with van der Waals surface area (Å²) in [5, 5.41) is 9.48. The zero-order valence-electron chi connectivity index (χ0n) is 21.6. The van der Waals surface area contributed by atoms with E-state index in [0.717, 1.165) is 19.6 Å². The van der Waals surface area contributed by atoms with Crippen molar-refractivity contribution in [1.82, 2.24) is 19.6 Å². The van der Waals surface area contributed by atoms with Crippen LogP contribution < -0.4 is 0 Å². The van der Waals surface area contributed by atoms with Crippen LogP contribution in [-0.2, 0) is 19.1 Å². The average Bonchev–Trinajstić information content (AvgIpc) is 3.48. The molecule has 1 spiro atoms. The molecule has 4 aliphatic heterocycles. The van der Waals surface area contributed by atoms with E-state index in [0.29, 0.717) is 45.7 Å². The van der Waals surface area contributed by atoms with Crippen molar-refractivity contribution < 1.29 is 24.2 Å². The first-order chi connectivity index (χ1) is 17.8. The number of carbonyl (C=O) groups is 3. The van der Waals surface area contributed by atoms with E-state index in [2.05, 4.69) is 34.0 Å². The van der Waals surface area contributed by atoms with Gasteiger partial charge < -0.3 is 24.5 Å². The zero-order valence-corrected chi connectivity index (χ0v) is 24.0. The molecule has 0 aromatic carbocycles. The standard InChI is InChI=1S/C26H39BrN4O5S/c1-4-7-28(3)23(33)19-20-24(34)31(9-6-14-32)22(26(20)17-18(27)21(19)37-26)25(35)30(8-5-2)11-10-29-12-15-36-16-13-29/h4-5,18-22,32H,1-2,6-17H2,3H3/t18?,19-,20-,21-,22?,26?/m0/s1. The number of halogens is 1. The highest BCUT2D eigenvalue weighted by molar-refractivity contribution is 9.09. The van der Waals surface area contributed by atoms with Crippen LogP contribution in [0.25, 0.3) is 0 Å². The van der Waals surface area contributed by atoms with Gasteiger partial charge in [0.1, 0.15) is 6.04 Å². The molecule has 1 N–H and O–H groups in total. The summed E-state index contributed by atoms with van der Waals surface area (Å²) in [5.41, 5.74) is 0. The number of ether oxygens (including phenoxy) is 1. The first-order valence-electron chi connectivity index (χ1n) is 13.1. The SMILES string of the molecule is C=CCN(C)C(=O)[C@H]1[C@H]2C(=O)N(CCCO)C(C(=O)N(CC=C)CCN3CCOCC3)C23CC(Br)[C@@H]1S3. The Hall–Kier alpha value is -1.40. The van der Waals surface area contributed by atoms with Gasteiger partial charge >= 0.3 is 0 Å². The Balaban J connectivity index is 1.65. The highest BCUT2D eigenvalue weighted by atomic mass is 79.9. The van der Waals surface area contributed by atoms with Crippen molar-refractivity contribution >= 4 is 45.4 Å². The summed E-state index contributed by atoms with van der Waals surface area (Å²) in [5.74, 6) is -1.38. The molecule has 9 nitrogen and oxygen atoms in total. The van der Waals surface area contributed by atoms with Gasteiger partial charge in [0.25, 0.3) is 0 Å². The molecule has 0 aromatic heterocycles. The van der Waals surface area contributed by atoms with E-state index in [-0.39, 0.29) is 41.0 Å². The van der Waals surface area contributed by atoms with E-state index in [9.17, 15) is 19.5 Å². The number of likely N-dealkylation sites (tertiary alicyclic amines) is 1. The van der Waals surface area contributed by atoms with E-state index in [1.807, 2.05) is 0 Å². The fourth-order valence-corrected chi connectivity index (χ4v) is 10.0. The number of amides is 3. The lowest BCUT2D eigenvalue weighted by molar-refractivity contribution is -0.144. The van der Waals surface area contributed by atoms with Gasteiger partial charge in [-0.1, -0.05) is 28.1 Å². The molecule has 4 heterocycles. The summed E-state index contributed by atoms with van der Waals surface area (Å²) in [6.45, 7) is 12.9. The third-order valence-electron chi connectivity index (χ3n) is 8.10. The minimum Gasteiger partial charge on any atom is -0.396 e. The Kier molecular flexibility index (Phi) is 9.43. The predicted molar refractivity (Wildman–Crippen MR) is 147 cm³/mol. The van der Waals surface area contributed by atoms with Gasteiger partial charge in [0.15, 0.2) is 0 Å². The number of thioether (sulfide) groups is 1. The lowest BCUT2D eigenvalue weighted by Gasteiger charge is -2.38. The van der Waals surface area contributed by atoms with Crippen LogP contribution >= 0.6 is 27.7 Å². The van der Waals surface area contributed by atoms with Gasteiger partial charge in [0.2, 0.25) is 17.7 Å². The second kappa shape index (κ2) is 12.2. The number of fused-ring (bicyclic) bond motifs is 1. The molecular formula is C26H39BrN4O5S. The summed E-state index contributed by atoms with van der Waals surface area (Å²) in [6.07, 6.45) is 4.43. The molecule has 3 unspecified atom stereocenters. The number of aliphatic hydroxyl groups is 1. The maximum absolute atomic E-state index is 14.3. The summed E-state index contributed by atoms with van der Waals surface area (Å²) < 4.78 is 4.77. The maximum Gasteiger partial charge on any atom is 0.247 e. The minimum atomic E-state index is -0.684. The predicted octanol–water partition coefficient (Wildman–Crippen LogP) is 0.825. The summed E-state index contributed by atoms with van der Waals surface area (Å²) in [4.78, 5) is 49.3. The van der Waals surface area contributed by atoms with Gasteiger partial charge in [-0.2, -0.15) is 0 Å². The summed E-state index contributed by atoms with van der Waals surface area (Å²) in [7, 11) is 1.74. The molecule has 0 aromatic rings. The number of hydrogen-bond acceptors (Lipinski definition) is 7. The number of alkyl halides is 1. The molecule has 4 saturated heterocycles. The lowest BCUT2D eigenvalue weighted by Crippen LogP contribution is -2.56. The van der Waals surface area contributed by atoms with Crippen LogP contribution in [0.2, 0.25) is 0 Å². The van der Waals surface area contributed by atoms with Crippen LogP contribution in [0, 0.1) is 11.8 Å². The highest BCUT2D eigenvalue weighted by Crippen LogP contribution is 2.68.